The number of hydrogen-bond donors (Lipinski definition) is 1. The predicted octanol–water partition coefficient (Wildman–Crippen LogP) is 2.40. The standard InChI is InChI=1S/C17H21FN4O2/c1-3-6-17(7-8-24-11-17)19-16(23)14-10-22(21-20-14)15-5-4-13(18)9-12(15)2/h4-5,9-10H,3,6-8,11H2,1-2H3,(H,19,23). The lowest BCUT2D eigenvalue weighted by molar-refractivity contribution is 0.0864. The third-order valence-electron chi connectivity index (χ3n) is 4.34. The fraction of sp³-hybridized carbons (Fsp3) is 0.471. The Labute approximate surface area is 140 Å². The fourth-order valence-corrected chi connectivity index (χ4v) is 3.11. The van der Waals surface area contributed by atoms with Crippen molar-refractivity contribution in [3.63, 3.8) is 0 Å². The van der Waals surface area contributed by atoms with E-state index in [2.05, 4.69) is 22.6 Å². The first-order valence-corrected chi connectivity index (χ1v) is 8.12. The molecule has 0 aliphatic carbocycles. The first-order chi connectivity index (χ1) is 11.5. The van der Waals surface area contributed by atoms with Crippen LogP contribution in [0.1, 0.15) is 42.2 Å². The van der Waals surface area contributed by atoms with Crippen LogP contribution in [0.15, 0.2) is 24.4 Å². The van der Waals surface area contributed by atoms with Gasteiger partial charge >= 0.3 is 0 Å². The molecule has 1 fully saturated rings. The molecule has 1 aliphatic heterocycles. The second-order valence-electron chi connectivity index (χ2n) is 6.27. The number of rotatable bonds is 5. The van der Waals surface area contributed by atoms with Crippen LogP contribution in [0.25, 0.3) is 5.69 Å². The van der Waals surface area contributed by atoms with Gasteiger partial charge < -0.3 is 10.1 Å². The summed E-state index contributed by atoms with van der Waals surface area (Å²) >= 11 is 0. The summed E-state index contributed by atoms with van der Waals surface area (Å²) in [6, 6.07) is 4.39. The van der Waals surface area contributed by atoms with E-state index in [1.807, 2.05) is 0 Å². The highest BCUT2D eigenvalue weighted by atomic mass is 19.1. The maximum atomic E-state index is 13.2. The number of ether oxygens (including phenoxy) is 1. The van der Waals surface area contributed by atoms with Crippen LogP contribution >= 0.6 is 0 Å². The first kappa shape index (κ1) is 16.6. The quantitative estimate of drug-likeness (QED) is 0.913. The summed E-state index contributed by atoms with van der Waals surface area (Å²) in [6.45, 7) is 5.05. The molecule has 1 amide bonds. The van der Waals surface area contributed by atoms with E-state index in [1.165, 1.54) is 16.8 Å². The number of nitrogens with zero attached hydrogens (tertiary/aromatic N) is 3. The minimum absolute atomic E-state index is 0.237. The summed E-state index contributed by atoms with van der Waals surface area (Å²) < 4.78 is 20.2. The molecule has 24 heavy (non-hydrogen) atoms. The number of nitrogens with one attached hydrogen (secondary N) is 1. The van der Waals surface area contributed by atoms with Crippen molar-refractivity contribution in [3.05, 3.63) is 41.5 Å². The third-order valence-corrected chi connectivity index (χ3v) is 4.34. The SMILES string of the molecule is CCCC1(NC(=O)c2cn(-c3ccc(F)cc3C)nn2)CCOC1. The molecule has 2 heterocycles. The van der Waals surface area contributed by atoms with Gasteiger partial charge in [-0.2, -0.15) is 0 Å². The van der Waals surface area contributed by atoms with Gasteiger partial charge in [-0.15, -0.1) is 5.10 Å². The zero-order chi connectivity index (χ0) is 17.2. The Morgan fingerprint density at radius 3 is 3.00 bits per heavy atom. The van der Waals surface area contributed by atoms with Gasteiger partial charge in [-0.05, 0) is 43.5 Å². The van der Waals surface area contributed by atoms with Crippen LogP contribution in [-0.4, -0.2) is 39.7 Å². The van der Waals surface area contributed by atoms with Crippen LogP contribution < -0.4 is 5.32 Å². The summed E-state index contributed by atoms with van der Waals surface area (Å²) in [7, 11) is 0. The van der Waals surface area contributed by atoms with Gasteiger partial charge in [0.2, 0.25) is 0 Å². The minimum atomic E-state index is -0.318. The summed E-state index contributed by atoms with van der Waals surface area (Å²) in [5.41, 5.74) is 1.33. The normalized spacial score (nSPS) is 20.3. The fourth-order valence-electron chi connectivity index (χ4n) is 3.11. The average molecular weight is 332 g/mol. The van der Waals surface area contributed by atoms with Gasteiger partial charge in [-0.3, -0.25) is 4.79 Å². The number of carbonyl (C=O) groups is 1. The molecule has 3 rings (SSSR count). The Hall–Kier alpha value is -2.28. The summed E-state index contributed by atoms with van der Waals surface area (Å²) in [4.78, 5) is 12.5. The molecule has 1 aromatic heterocycles. The molecule has 128 valence electrons. The van der Waals surface area contributed by atoms with Crippen molar-refractivity contribution < 1.29 is 13.9 Å². The van der Waals surface area contributed by atoms with Crippen LogP contribution in [0.5, 0.6) is 0 Å². The van der Waals surface area contributed by atoms with Gasteiger partial charge in [0, 0.05) is 6.61 Å². The molecule has 0 spiro atoms. The molecule has 2 aromatic rings. The number of hydrogen-bond acceptors (Lipinski definition) is 4. The highest BCUT2D eigenvalue weighted by Crippen LogP contribution is 2.24. The predicted molar refractivity (Wildman–Crippen MR) is 86.6 cm³/mol. The van der Waals surface area contributed by atoms with Gasteiger partial charge in [0.05, 0.1) is 24.0 Å². The highest BCUT2D eigenvalue weighted by Gasteiger charge is 2.36. The smallest absolute Gasteiger partial charge is 0.273 e. The number of aromatic nitrogens is 3. The number of carbonyl (C=O) groups excluding carboxylic acids is 1. The molecule has 6 nitrogen and oxygen atoms in total. The molecule has 0 saturated carbocycles. The lowest BCUT2D eigenvalue weighted by Gasteiger charge is -2.27. The molecule has 1 unspecified atom stereocenters. The number of halogens is 1. The molecular formula is C17H21FN4O2. The zero-order valence-electron chi connectivity index (χ0n) is 13.9. The van der Waals surface area contributed by atoms with Crippen LogP contribution in [0.2, 0.25) is 0 Å². The van der Waals surface area contributed by atoms with Crippen LogP contribution in [0, 0.1) is 12.7 Å². The lowest BCUT2D eigenvalue weighted by atomic mass is 9.92. The topological polar surface area (TPSA) is 69.0 Å². The van der Waals surface area contributed by atoms with Gasteiger partial charge in [-0.1, -0.05) is 18.6 Å². The van der Waals surface area contributed by atoms with Crippen LogP contribution in [-0.2, 0) is 4.74 Å². The van der Waals surface area contributed by atoms with Crippen molar-refractivity contribution in [2.75, 3.05) is 13.2 Å². The van der Waals surface area contributed by atoms with Crippen molar-refractivity contribution in [3.8, 4) is 5.69 Å². The number of amides is 1. The second-order valence-corrected chi connectivity index (χ2v) is 6.27. The Balaban J connectivity index is 1.78. The molecule has 0 bridgehead atoms. The zero-order valence-corrected chi connectivity index (χ0v) is 13.9. The second kappa shape index (κ2) is 6.68. The molecule has 1 atom stereocenters. The molecule has 1 N–H and O–H groups in total. The van der Waals surface area contributed by atoms with Crippen molar-refractivity contribution in [2.45, 2.75) is 38.6 Å². The number of aryl methyl sites for hydroxylation is 1. The van der Waals surface area contributed by atoms with E-state index in [9.17, 15) is 9.18 Å². The van der Waals surface area contributed by atoms with E-state index in [-0.39, 0.29) is 23.0 Å². The number of benzene rings is 1. The molecule has 7 heteroatoms. The largest absolute Gasteiger partial charge is 0.379 e. The first-order valence-electron chi connectivity index (χ1n) is 8.12. The summed E-state index contributed by atoms with van der Waals surface area (Å²) in [5, 5.41) is 11.0. The summed E-state index contributed by atoms with van der Waals surface area (Å²) in [5.74, 6) is -0.572. The maximum absolute atomic E-state index is 13.2. The lowest BCUT2D eigenvalue weighted by Crippen LogP contribution is -2.49. The average Bonchev–Trinajstić information content (AvgIpc) is 3.17. The van der Waals surface area contributed by atoms with E-state index in [1.54, 1.807) is 19.2 Å². The summed E-state index contributed by atoms with van der Waals surface area (Å²) in [6.07, 6.45) is 4.19. The van der Waals surface area contributed by atoms with E-state index in [4.69, 9.17) is 4.74 Å². The van der Waals surface area contributed by atoms with Crippen molar-refractivity contribution >= 4 is 5.91 Å². The molecule has 1 saturated heterocycles. The molecular weight excluding hydrogens is 311 g/mol. The third kappa shape index (κ3) is 3.31. The van der Waals surface area contributed by atoms with Crippen LogP contribution in [0.3, 0.4) is 0 Å². The van der Waals surface area contributed by atoms with E-state index >= 15 is 0 Å². The van der Waals surface area contributed by atoms with E-state index < -0.39 is 0 Å². The van der Waals surface area contributed by atoms with Crippen molar-refractivity contribution in [1.29, 1.82) is 0 Å². The molecule has 1 aromatic carbocycles. The Morgan fingerprint density at radius 1 is 1.50 bits per heavy atom. The van der Waals surface area contributed by atoms with E-state index in [0.717, 1.165) is 24.8 Å². The van der Waals surface area contributed by atoms with Gasteiger partial charge in [0.15, 0.2) is 5.69 Å². The Bertz CT molecular complexity index is 738. The van der Waals surface area contributed by atoms with Crippen molar-refractivity contribution in [2.24, 2.45) is 0 Å². The maximum Gasteiger partial charge on any atom is 0.273 e. The monoisotopic (exact) mass is 332 g/mol. The van der Waals surface area contributed by atoms with Gasteiger partial charge in [0.1, 0.15) is 5.82 Å². The molecule has 1 aliphatic rings. The van der Waals surface area contributed by atoms with Crippen molar-refractivity contribution in [1.82, 2.24) is 20.3 Å². The Morgan fingerprint density at radius 2 is 2.33 bits per heavy atom. The van der Waals surface area contributed by atoms with E-state index in [0.29, 0.717) is 18.9 Å². The van der Waals surface area contributed by atoms with Crippen LogP contribution in [0.4, 0.5) is 4.39 Å². The Kier molecular flexibility index (Phi) is 4.62. The van der Waals surface area contributed by atoms with Gasteiger partial charge in [0.25, 0.3) is 5.91 Å². The molecule has 0 radical (unpaired) electrons. The highest BCUT2D eigenvalue weighted by molar-refractivity contribution is 5.92. The minimum Gasteiger partial charge on any atom is -0.379 e. The van der Waals surface area contributed by atoms with Gasteiger partial charge in [-0.25, -0.2) is 9.07 Å².